The van der Waals surface area contributed by atoms with Crippen molar-refractivity contribution in [1.82, 2.24) is 9.55 Å². The Morgan fingerprint density at radius 1 is 1.23 bits per heavy atom. The van der Waals surface area contributed by atoms with Gasteiger partial charge in [-0.2, -0.15) is 4.98 Å². The maximum atomic E-state index is 11.9. The number of phosphoric acid groups is 2. The molecule has 0 radical (unpaired) electrons. The van der Waals surface area contributed by atoms with E-state index >= 15 is 0 Å². The fraction of sp³-hybridized carbons (Fsp3) is 0.692. The van der Waals surface area contributed by atoms with Gasteiger partial charge in [-0.25, -0.2) is 9.11 Å². The zero-order valence-electron chi connectivity index (χ0n) is 16.3. The minimum absolute atomic E-state index is 0.0420. The van der Waals surface area contributed by atoms with Gasteiger partial charge in [0.1, 0.15) is 24.1 Å². The van der Waals surface area contributed by atoms with E-state index in [0.29, 0.717) is 0 Å². The lowest BCUT2D eigenvalue weighted by Gasteiger charge is -2.33. The van der Waals surface area contributed by atoms with E-state index in [1.54, 1.807) is 21.1 Å². The van der Waals surface area contributed by atoms with Gasteiger partial charge < -0.3 is 39.5 Å². The van der Waals surface area contributed by atoms with Crippen molar-refractivity contribution >= 4 is 21.5 Å². The van der Waals surface area contributed by atoms with E-state index in [0.717, 1.165) is 10.8 Å². The van der Waals surface area contributed by atoms with Gasteiger partial charge in [0.25, 0.3) is 15.6 Å². The number of hydrogen-bond acceptors (Lipinski definition) is 13. The lowest BCUT2D eigenvalue weighted by Crippen LogP contribution is -2.37. The molecule has 0 aromatic carbocycles. The van der Waals surface area contributed by atoms with Crippen LogP contribution in [0.25, 0.3) is 0 Å². The van der Waals surface area contributed by atoms with Gasteiger partial charge in [-0.15, -0.1) is 0 Å². The van der Waals surface area contributed by atoms with Crippen LogP contribution >= 0.6 is 15.6 Å². The number of quaternary nitrogens is 1. The molecule has 30 heavy (non-hydrogen) atoms. The van der Waals surface area contributed by atoms with Crippen LogP contribution < -0.4 is 21.2 Å². The van der Waals surface area contributed by atoms with Gasteiger partial charge in [0, 0.05) is 6.20 Å². The molecule has 2 heterocycles. The van der Waals surface area contributed by atoms with E-state index in [1.807, 2.05) is 0 Å². The zero-order valence-corrected chi connectivity index (χ0v) is 18.0. The summed E-state index contributed by atoms with van der Waals surface area (Å²) < 4.78 is 42.5. The molecule has 4 N–H and O–H groups in total. The monoisotopic (exact) mass is 473 g/mol. The quantitative estimate of drug-likeness (QED) is 0.186. The van der Waals surface area contributed by atoms with Crippen molar-refractivity contribution < 1.29 is 51.7 Å². The normalized spacial score (nSPS) is 28.8. The molecule has 1 aromatic rings. The third-order valence-electron chi connectivity index (χ3n) is 3.66. The summed E-state index contributed by atoms with van der Waals surface area (Å²) in [5.41, 5.74) is 4.49. The predicted octanol–water partition coefficient (Wildman–Crippen LogP) is -2.90. The summed E-state index contributed by atoms with van der Waals surface area (Å²) in [5, 5.41) is 20.1. The SMILES string of the molecule is C[N+](C)(C)COP(=O)([O-])OP(=O)([O-])OC[C@H]1O[C@@H](n2ccc(N)nc2=O)[C@H](O)[C@@H]1O. The average Bonchev–Trinajstić information content (AvgIpc) is 2.85. The van der Waals surface area contributed by atoms with Gasteiger partial charge in [0.2, 0.25) is 0 Å². The molecule has 15 nitrogen and oxygen atoms in total. The first-order chi connectivity index (χ1) is 13.6. The average molecular weight is 473 g/mol. The number of rotatable bonds is 9. The molecule has 0 bridgehead atoms. The molecule has 2 unspecified atom stereocenters. The Labute approximate surface area is 171 Å². The minimum Gasteiger partial charge on any atom is -0.756 e. The van der Waals surface area contributed by atoms with Crippen molar-refractivity contribution in [2.45, 2.75) is 24.5 Å². The molecular weight excluding hydrogens is 450 g/mol. The first-order valence-corrected chi connectivity index (χ1v) is 11.3. The van der Waals surface area contributed by atoms with Crippen molar-refractivity contribution in [1.29, 1.82) is 0 Å². The van der Waals surface area contributed by atoms with Gasteiger partial charge in [-0.3, -0.25) is 18.2 Å². The van der Waals surface area contributed by atoms with E-state index in [2.05, 4.69) is 18.3 Å². The van der Waals surface area contributed by atoms with Crippen LogP contribution in [0.15, 0.2) is 17.1 Å². The molecule has 1 fully saturated rings. The highest BCUT2D eigenvalue weighted by molar-refractivity contribution is 7.59. The van der Waals surface area contributed by atoms with Crippen LogP contribution in [0, 0.1) is 0 Å². The molecule has 1 aromatic heterocycles. The van der Waals surface area contributed by atoms with Crippen molar-refractivity contribution in [3.63, 3.8) is 0 Å². The zero-order chi connectivity index (χ0) is 22.9. The standard InChI is InChI=1S/C13H24N4O11P2/c1-17(2,3)7-26-30(23,24)28-29(21,22)25-6-8-10(18)11(19)12(27-8)16-5-4-9(14)15-13(16)20/h4-5,8,10-12,18-19H,6-7H2,1-3H3,(H3-,14,15,20,21,22,23,24)/p-1/t8-,10-,11-,12-/m1/s1. The van der Waals surface area contributed by atoms with Crippen molar-refractivity contribution in [2.75, 3.05) is 40.2 Å². The fourth-order valence-corrected chi connectivity index (χ4v) is 4.47. The molecule has 6 atom stereocenters. The first kappa shape index (κ1) is 25.0. The number of ether oxygens (including phenoxy) is 1. The van der Waals surface area contributed by atoms with Crippen molar-refractivity contribution in [2.24, 2.45) is 0 Å². The summed E-state index contributed by atoms with van der Waals surface area (Å²) in [6, 6.07) is 1.25. The summed E-state index contributed by atoms with van der Waals surface area (Å²) in [5.74, 6) is -0.0804. The van der Waals surface area contributed by atoms with Crippen LogP contribution in [-0.2, 0) is 27.2 Å². The minimum atomic E-state index is -5.43. The lowest BCUT2D eigenvalue weighted by molar-refractivity contribution is -0.887. The fourth-order valence-electron chi connectivity index (χ4n) is 2.29. The molecule has 2 rings (SSSR count). The Morgan fingerprint density at radius 2 is 1.83 bits per heavy atom. The maximum absolute atomic E-state index is 11.9. The van der Waals surface area contributed by atoms with Crippen molar-refractivity contribution in [3.05, 3.63) is 22.7 Å². The molecule has 1 aliphatic rings. The summed E-state index contributed by atoms with van der Waals surface area (Å²) in [4.78, 5) is 38.8. The number of phosphoric ester groups is 2. The third kappa shape index (κ3) is 6.90. The summed E-state index contributed by atoms with van der Waals surface area (Å²) in [7, 11) is -5.91. The first-order valence-electron chi connectivity index (χ1n) is 8.39. The topological polar surface area (TPSA) is 219 Å². The number of aromatic nitrogens is 2. The van der Waals surface area contributed by atoms with Crippen molar-refractivity contribution in [3.8, 4) is 0 Å². The number of anilines is 1. The highest BCUT2D eigenvalue weighted by atomic mass is 31.3. The van der Waals surface area contributed by atoms with Gasteiger partial charge in [-0.05, 0) is 6.07 Å². The molecule has 172 valence electrons. The second-order valence-corrected chi connectivity index (χ2v) is 10.4. The molecule has 0 amide bonds. The number of nitrogens with two attached hydrogens (primary N) is 1. The molecule has 0 saturated carbocycles. The highest BCUT2D eigenvalue weighted by Crippen LogP contribution is 2.55. The largest absolute Gasteiger partial charge is 0.756 e. The predicted molar refractivity (Wildman–Crippen MR) is 95.1 cm³/mol. The number of aliphatic hydroxyl groups excluding tert-OH is 2. The van der Waals surface area contributed by atoms with Crippen LogP contribution in [-0.4, -0.2) is 77.0 Å². The van der Waals surface area contributed by atoms with E-state index in [-0.39, 0.29) is 10.3 Å². The second kappa shape index (κ2) is 9.10. The highest BCUT2D eigenvalue weighted by Gasteiger charge is 2.44. The number of aliphatic hydroxyl groups is 2. The Kier molecular flexibility index (Phi) is 7.60. The van der Waals surface area contributed by atoms with Gasteiger partial charge >= 0.3 is 5.69 Å². The second-order valence-electron chi connectivity index (χ2n) is 7.41. The Balaban J connectivity index is 2.00. The van der Waals surface area contributed by atoms with Gasteiger partial charge in [-0.1, -0.05) is 0 Å². The maximum Gasteiger partial charge on any atom is 0.351 e. The number of hydrogen-bond donors (Lipinski definition) is 3. The third-order valence-corrected chi connectivity index (χ3v) is 6.16. The van der Waals surface area contributed by atoms with E-state index < -0.39 is 59.2 Å². The van der Waals surface area contributed by atoms with Crippen LogP contribution in [0.3, 0.4) is 0 Å². The number of nitrogen functional groups attached to an aromatic ring is 1. The molecule has 0 spiro atoms. The van der Waals surface area contributed by atoms with Crippen LogP contribution in [0.1, 0.15) is 6.23 Å². The number of nitrogens with zero attached hydrogens (tertiary/aromatic N) is 3. The van der Waals surface area contributed by atoms with Crippen LogP contribution in [0.4, 0.5) is 5.82 Å². The Bertz CT molecular complexity index is 904. The Hall–Kier alpha value is -1.22. The van der Waals surface area contributed by atoms with Gasteiger partial charge in [0.05, 0.1) is 27.7 Å². The Morgan fingerprint density at radius 3 is 2.40 bits per heavy atom. The van der Waals surface area contributed by atoms with Crippen LogP contribution in [0.5, 0.6) is 0 Å². The van der Waals surface area contributed by atoms with E-state index in [9.17, 15) is 33.9 Å². The molecule has 1 saturated heterocycles. The van der Waals surface area contributed by atoms with E-state index in [4.69, 9.17) is 10.5 Å². The molecule has 1 aliphatic heterocycles. The summed E-state index contributed by atoms with van der Waals surface area (Å²) >= 11 is 0. The smallest absolute Gasteiger partial charge is 0.351 e. The molecule has 0 aliphatic carbocycles. The molecular formula is C13H23N4O11P2-. The van der Waals surface area contributed by atoms with Crippen LogP contribution in [0.2, 0.25) is 0 Å². The van der Waals surface area contributed by atoms with Gasteiger partial charge in [0.15, 0.2) is 13.0 Å². The summed E-state index contributed by atoms with van der Waals surface area (Å²) in [6.45, 7) is -1.31. The lowest BCUT2D eigenvalue weighted by atomic mass is 10.1. The molecule has 17 heteroatoms. The van der Waals surface area contributed by atoms with E-state index in [1.165, 1.54) is 6.07 Å². The summed E-state index contributed by atoms with van der Waals surface area (Å²) in [6.07, 6.45) is -5.02.